The third-order valence-electron chi connectivity index (χ3n) is 5.19. The molecule has 0 bridgehead atoms. The van der Waals surface area contributed by atoms with Gasteiger partial charge in [0.1, 0.15) is 11.6 Å². The second kappa shape index (κ2) is 6.73. The number of pyridine rings is 1. The Hall–Kier alpha value is -3.68. The second-order valence-corrected chi connectivity index (χ2v) is 7.08. The van der Waals surface area contributed by atoms with Gasteiger partial charge in [0.05, 0.1) is 25.2 Å². The van der Waals surface area contributed by atoms with E-state index in [0.717, 1.165) is 47.2 Å². The molecule has 8 heteroatoms. The molecule has 3 aromatic heterocycles. The summed E-state index contributed by atoms with van der Waals surface area (Å²) in [4.78, 5) is 8.65. The molecule has 1 aliphatic rings. The number of nitrogens with zero attached hydrogens (tertiary/aromatic N) is 7. The largest absolute Gasteiger partial charge is 0.497 e. The molecule has 5 rings (SSSR count). The van der Waals surface area contributed by atoms with Crippen LogP contribution in [-0.2, 0) is 6.42 Å². The molecule has 1 aromatic carbocycles. The second-order valence-electron chi connectivity index (χ2n) is 7.08. The molecule has 0 aliphatic carbocycles. The van der Waals surface area contributed by atoms with Crippen LogP contribution >= 0.6 is 0 Å². The summed E-state index contributed by atoms with van der Waals surface area (Å²) in [6.45, 7) is 4.99. The molecule has 4 heterocycles. The molecule has 0 radical (unpaired) electrons. The van der Waals surface area contributed by atoms with Gasteiger partial charge in [-0.25, -0.2) is 9.67 Å². The Morgan fingerprint density at radius 1 is 1.00 bits per heavy atom. The maximum absolute atomic E-state index is 5.35. The van der Waals surface area contributed by atoms with Gasteiger partial charge in [-0.1, -0.05) is 0 Å². The van der Waals surface area contributed by atoms with E-state index in [0.29, 0.717) is 5.82 Å². The molecular weight excluding hydrogens is 366 g/mol. The Morgan fingerprint density at radius 3 is 2.59 bits per heavy atom. The predicted molar refractivity (Wildman–Crippen MR) is 109 cm³/mol. The van der Waals surface area contributed by atoms with Crippen molar-refractivity contribution in [3.05, 3.63) is 65.7 Å². The Morgan fingerprint density at radius 2 is 1.83 bits per heavy atom. The van der Waals surface area contributed by atoms with Crippen LogP contribution in [0.25, 0.3) is 11.5 Å². The third-order valence-corrected chi connectivity index (χ3v) is 5.19. The van der Waals surface area contributed by atoms with Crippen LogP contribution in [-0.4, -0.2) is 43.4 Å². The molecule has 0 spiro atoms. The molecule has 0 amide bonds. The topological polar surface area (TPSA) is 73.9 Å². The predicted octanol–water partition coefficient (Wildman–Crippen LogP) is 3.17. The van der Waals surface area contributed by atoms with Gasteiger partial charge in [0.25, 0.3) is 0 Å². The standard InChI is InChI=1S/C21H21N7O/c1-14-12-16(29-3)4-5-18(14)26-10-6-17-19(13-15(2)24-21(17)26)27-11-7-20(25-27)28-22-8-9-23-28/h4-5,7-9,11-13H,6,10H2,1-3H3. The lowest BCUT2D eigenvalue weighted by Gasteiger charge is -2.22. The number of methoxy groups -OCH3 is 1. The van der Waals surface area contributed by atoms with E-state index >= 15 is 0 Å². The van der Waals surface area contributed by atoms with Crippen LogP contribution in [0.4, 0.5) is 11.5 Å². The Bertz CT molecular complexity index is 1180. The van der Waals surface area contributed by atoms with Crippen LogP contribution in [0.5, 0.6) is 5.75 Å². The van der Waals surface area contributed by atoms with Crippen LogP contribution in [0.3, 0.4) is 0 Å². The van der Waals surface area contributed by atoms with Crippen LogP contribution in [0, 0.1) is 13.8 Å². The van der Waals surface area contributed by atoms with Crippen LogP contribution < -0.4 is 9.64 Å². The number of rotatable bonds is 4. The average Bonchev–Trinajstić information content (AvgIpc) is 3.47. The third kappa shape index (κ3) is 2.93. The highest BCUT2D eigenvalue weighted by atomic mass is 16.5. The van der Waals surface area contributed by atoms with Gasteiger partial charge in [-0.3, -0.25) is 0 Å². The Labute approximate surface area is 168 Å². The van der Waals surface area contributed by atoms with Gasteiger partial charge < -0.3 is 9.64 Å². The van der Waals surface area contributed by atoms with E-state index in [-0.39, 0.29) is 0 Å². The van der Waals surface area contributed by atoms with E-state index < -0.39 is 0 Å². The number of aromatic nitrogens is 6. The molecule has 1 aliphatic heterocycles. The molecule has 8 nitrogen and oxygen atoms in total. The van der Waals surface area contributed by atoms with Crippen molar-refractivity contribution in [2.45, 2.75) is 20.3 Å². The van der Waals surface area contributed by atoms with E-state index in [4.69, 9.17) is 9.72 Å². The zero-order valence-corrected chi connectivity index (χ0v) is 16.6. The fourth-order valence-corrected chi connectivity index (χ4v) is 3.84. The minimum absolute atomic E-state index is 0.680. The fraction of sp³-hybridized carbons (Fsp3) is 0.238. The zero-order chi connectivity index (χ0) is 20.0. The number of benzene rings is 1. The van der Waals surface area contributed by atoms with Crippen molar-refractivity contribution in [3.63, 3.8) is 0 Å². The smallest absolute Gasteiger partial charge is 0.196 e. The summed E-state index contributed by atoms with van der Waals surface area (Å²) in [5, 5.41) is 13.0. The lowest BCUT2D eigenvalue weighted by molar-refractivity contribution is 0.414. The summed E-state index contributed by atoms with van der Waals surface area (Å²) in [5.74, 6) is 2.53. The minimum Gasteiger partial charge on any atom is -0.497 e. The fourth-order valence-electron chi connectivity index (χ4n) is 3.84. The summed E-state index contributed by atoms with van der Waals surface area (Å²) in [6.07, 6.45) is 6.12. The maximum Gasteiger partial charge on any atom is 0.196 e. The first kappa shape index (κ1) is 17.4. The highest BCUT2D eigenvalue weighted by Gasteiger charge is 2.27. The van der Waals surface area contributed by atoms with Gasteiger partial charge in [0, 0.05) is 35.8 Å². The van der Waals surface area contributed by atoms with Crippen molar-refractivity contribution in [2.24, 2.45) is 0 Å². The molecule has 0 atom stereocenters. The van der Waals surface area contributed by atoms with Crippen molar-refractivity contribution in [2.75, 3.05) is 18.6 Å². The van der Waals surface area contributed by atoms with Crippen molar-refractivity contribution < 1.29 is 4.74 Å². The quantitative estimate of drug-likeness (QED) is 0.536. The number of hydrogen-bond acceptors (Lipinski definition) is 6. The number of anilines is 2. The summed E-state index contributed by atoms with van der Waals surface area (Å²) in [5.41, 5.74) is 5.49. The first-order valence-corrected chi connectivity index (χ1v) is 9.49. The Kier molecular flexibility index (Phi) is 4.04. The molecule has 0 unspecified atom stereocenters. The van der Waals surface area contributed by atoms with Gasteiger partial charge in [-0.15, -0.1) is 9.90 Å². The maximum atomic E-state index is 5.35. The van der Waals surface area contributed by atoms with Crippen molar-refractivity contribution in [1.29, 1.82) is 0 Å². The monoisotopic (exact) mass is 387 g/mol. The Balaban J connectivity index is 1.57. The average molecular weight is 387 g/mol. The number of aryl methyl sites for hydroxylation is 2. The van der Waals surface area contributed by atoms with E-state index in [2.05, 4.69) is 45.3 Å². The van der Waals surface area contributed by atoms with Crippen molar-refractivity contribution in [1.82, 2.24) is 29.8 Å². The summed E-state index contributed by atoms with van der Waals surface area (Å²) in [6, 6.07) is 10.1. The SMILES string of the molecule is COc1ccc(N2CCc3c(-n4ccc(-n5nccn5)n4)cc(C)nc32)c(C)c1. The normalized spacial score (nSPS) is 13.0. The lowest BCUT2D eigenvalue weighted by Crippen LogP contribution is -2.16. The van der Waals surface area contributed by atoms with E-state index in [1.807, 2.05) is 29.9 Å². The van der Waals surface area contributed by atoms with Crippen molar-refractivity contribution in [3.8, 4) is 17.3 Å². The number of ether oxygens (including phenoxy) is 1. The number of fused-ring (bicyclic) bond motifs is 1. The molecule has 0 N–H and O–H groups in total. The highest BCUT2D eigenvalue weighted by molar-refractivity contribution is 5.73. The van der Waals surface area contributed by atoms with Gasteiger partial charge >= 0.3 is 0 Å². The number of hydrogen-bond donors (Lipinski definition) is 0. The molecule has 0 fully saturated rings. The van der Waals surface area contributed by atoms with Crippen LogP contribution in [0.1, 0.15) is 16.8 Å². The summed E-state index contributed by atoms with van der Waals surface area (Å²) in [7, 11) is 1.69. The minimum atomic E-state index is 0.680. The van der Waals surface area contributed by atoms with Gasteiger partial charge in [-0.05, 0) is 50.1 Å². The molecule has 29 heavy (non-hydrogen) atoms. The first-order valence-electron chi connectivity index (χ1n) is 9.49. The van der Waals surface area contributed by atoms with Gasteiger partial charge in [0.2, 0.25) is 0 Å². The summed E-state index contributed by atoms with van der Waals surface area (Å²) < 4.78 is 7.24. The van der Waals surface area contributed by atoms with E-state index in [1.54, 1.807) is 19.5 Å². The molecule has 4 aromatic rings. The molecule has 0 saturated heterocycles. The molecule has 0 saturated carbocycles. The zero-order valence-electron chi connectivity index (χ0n) is 16.6. The van der Waals surface area contributed by atoms with Crippen molar-refractivity contribution >= 4 is 11.5 Å². The molecule has 146 valence electrons. The highest BCUT2D eigenvalue weighted by Crippen LogP contribution is 2.38. The van der Waals surface area contributed by atoms with E-state index in [1.165, 1.54) is 10.4 Å². The van der Waals surface area contributed by atoms with Crippen LogP contribution in [0.15, 0.2) is 48.9 Å². The van der Waals surface area contributed by atoms with Gasteiger partial charge in [-0.2, -0.15) is 10.2 Å². The first-order chi connectivity index (χ1) is 14.1. The molecular formula is C21H21N7O. The van der Waals surface area contributed by atoms with Gasteiger partial charge in [0.15, 0.2) is 5.82 Å². The summed E-state index contributed by atoms with van der Waals surface area (Å²) >= 11 is 0. The lowest BCUT2D eigenvalue weighted by atomic mass is 10.1. The van der Waals surface area contributed by atoms with Crippen LogP contribution in [0.2, 0.25) is 0 Å². The van der Waals surface area contributed by atoms with E-state index in [9.17, 15) is 0 Å².